The van der Waals surface area contributed by atoms with Crippen LogP contribution in [0.4, 0.5) is 0 Å². The average Bonchev–Trinajstić information content (AvgIpc) is 3.23. The first-order chi connectivity index (χ1) is 18.1. The molecule has 0 radical (unpaired) electrons. The number of carbonyl (C=O) groups is 1. The van der Waals surface area contributed by atoms with E-state index in [0.29, 0.717) is 24.1 Å². The van der Waals surface area contributed by atoms with Gasteiger partial charge in [0.15, 0.2) is 11.5 Å². The Morgan fingerprint density at radius 2 is 1.97 bits per heavy atom. The standard InChI is InChI=1S/C31H40N2O5/c1-30(2,3)38-29(35)24(17-19-9-7-6-8-10-19)33(36-5)22-13-12-21-23-18-20-11-14-25(34)27-26(20)31(21,28(22)37-27)15-16-32(23)4/h6-11,14,21-24,28,34H,12-13,15-18H2,1-5H3/t21-,22-,23+,24-,28-,31-/m0/s1. The highest BCUT2D eigenvalue weighted by Gasteiger charge is 2.66. The summed E-state index contributed by atoms with van der Waals surface area (Å²) >= 11 is 0. The second kappa shape index (κ2) is 9.25. The zero-order valence-electron chi connectivity index (χ0n) is 23.1. The van der Waals surface area contributed by atoms with E-state index in [4.69, 9.17) is 14.3 Å². The largest absolute Gasteiger partial charge is 0.504 e. The number of phenols is 1. The third kappa shape index (κ3) is 3.93. The molecule has 2 aliphatic carbocycles. The maximum atomic E-state index is 13.7. The Hall–Kier alpha value is -2.61. The van der Waals surface area contributed by atoms with Gasteiger partial charge in [0.2, 0.25) is 0 Å². The summed E-state index contributed by atoms with van der Waals surface area (Å²) in [5.74, 6) is 0.984. The quantitative estimate of drug-likeness (QED) is 0.451. The fraction of sp³-hybridized carbons (Fsp3) is 0.581. The van der Waals surface area contributed by atoms with Gasteiger partial charge in [-0.2, -0.15) is 5.06 Å². The first-order valence-corrected chi connectivity index (χ1v) is 14.0. The lowest BCUT2D eigenvalue weighted by Crippen LogP contribution is -2.69. The number of ether oxygens (including phenoxy) is 2. The summed E-state index contributed by atoms with van der Waals surface area (Å²) in [6.45, 7) is 6.67. The molecule has 204 valence electrons. The molecule has 1 saturated heterocycles. The van der Waals surface area contributed by atoms with Crippen LogP contribution in [0.25, 0.3) is 0 Å². The number of benzene rings is 2. The molecule has 0 aromatic heterocycles. The van der Waals surface area contributed by atoms with E-state index in [9.17, 15) is 9.90 Å². The van der Waals surface area contributed by atoms with E-state index in [-0.39, 0.29) is 29.3 Å². The number of piperidine rings is 1. The van der Waals surface area contributed by atoms with Crippen LogP contribution in [-0.2, 0) is 32.6 Å². The summed E-state index contributed by atoms with van der Waals surface area (Å²) < 4.78 is 12.7. The van der Waals surface area contributed by atoms with Crippen LogP contribution in [0.3, 0.4) is 0 Å². The van der Waals surface area contributed by atoms with Gasteiger partial charge in [0, 0.05) is 23.4 Å². The predicted molar refractivity (Wildman–Crippen MR) is 144 cm³/mol. The first-order valence-electron chi connectivity index (χ1n) is 14.0. The van der Waals surface area contributed by atoms with Gasteiger partial charge in [-0.3, -0.25) is 4.79 Å². The van der Waals surface area contributed by atoms with Crippen LogP contribution in [0.1, 0.15) is 56.7 Å². The smallest absolute Gasteiger partial charge is 0.326 e. The monoisotopic (exact) mass is 520 g/mol. The number of phenolic OH excluding ortho intramolecular Hbond substituents is 1. The molecule has 6 rings (SSSR count). The van der Waals surface area contributed by atoms with E-state index < -0.39 is 11.6 Å². The van der Waals surface area contributed by atoms with Crippen LogP contribution < -0.4 is 4.74 Å². The molecule has 2 aromatic rings. The SMILES string of the molecule is CON([C@@H](Cc1ccccc1)C(=O)OC(C)(C)C)[C@H]1CC[C@H]2[C@H]3Cc4ccc(O)c5c4[C@@]2(CCN3C)[C@H]1O5. The number of hydrogen-bond acceptors (Lipinski definition) is 7. The summed E-state index contributed by atoms with van der Waals surface area (Å²) in [7, 11) is 3.88. The van der Waals surface area contributed by atoms with Crippen LogP contribution in [0.5, 0.6) is 11.5 Å². The number of likely N-dealkylation sites (tertiary alicyclic amines) is 1. The maximum Gasteiger partial charge on any atom is 0.326 e. The van der Waals surface area contributed by atoms with Crippen LogP contribution in [0, 0.1) is 5.92 Å². The molecule has 2 fully saturated rings. The van der Waals surface area contributed by atoms with Gasteiger partial charge in [0.1, 0.15) is 17.7 Å². The molecule has 2 heterocycles. The lowest BCUT2D eigenvalue weighted by atomic mass is 9.51. The molecule has 0 unspecified atom stereocenters. The zero-order chi connectivity index (χ0) is 26.8. The van der Waals surface area contributed by atoms with Gasteiger partial charge in [0.25, 0.3) is 0 Å². The van der Waals surface area contributed by atoms with Crippen molar-refractivity contribution < 1.29 is 24.2 Å². The predicted octanol–water partition coefficient (Wildman–Crippen LogP) is 4.25. The number of nitrogens with zero attached hydrogens (tertiary/aromatic N) is 2. The Kier molecular flexibility index (Phi) is 6.24. The molecule has 1 N–H and O–H groups in total. The third-order valence-electron chi connectivity index (χ3n) is 9.36. The zero-order valence-corrected chi connectivity index (χ0v) is 23.1. The average molecular weight is 521 g/mol. The molecule has 2 bridgehead atoms. The number of hydroxylamine groups is 2. The Bertz CT molecular complexity index is 1210. The molecule has 2 aliphatic heterocycles. The van der Waals surface area contributed by atoms with E-state index in [1.807, 2.05) is 56.2 Å². The molecule has 1 saturated carbocycles. The van der Waals surface area contributed by atoms with Gasteiger partial charge in [-0.05, 0) is 83.2 Å². The van der Waals surface area contributed by atoms with Gasteiger partial charge in [0.05, 0.1) is 13.2 Å². The van der Waals surface area contributed by atoms with E-state index in [1.165, 1.54) is 11.1 Å². The Morgan fingerprint density at radius 1 is 1.21 bits per heavy atom. The number of aromatic hydroxyl groups is 1. The number of carbonyl (C=O) groups excluding carboxylic acids is 1. The second-order valence-electron chi connectivity index (χ2n) is 12.6. The Balaban J connectivity index is 1.41. The highest BCUT2D eigenvalue weighted by atomic mass is 16.7. The number of hydrogen-bond donors (Lipinski definition) is 1. The van der Waals surface area contributed by atoms with Gasteiger partial charge in [-0.1, -0.05) is 36.4 Å². The van der Waals surface area contributed by atoms with Crippen molar-refractivity contribution in [2.24, 2.45) is 5.92 Å². The van der Waals surface area contributed by atoms with Crippen molar-refractivity contribution in [2.45, 2.75) is 88.1 Å². The van der Waals surface area contributed by atoms with Crippen LogP contribution >= 0.6 is 0 Å². The van der Waals surface area contributed by atoms with Gasteiger partial charge in [-0.15, -0.1) is 0 Å². The molecule has 38 heavy (non-hydrogen) atoms. The minimum atomic E-state index is -0.634. The lowest BCUT2D eigenvalue weighted by molar-refractivity contribution is -0.237. The molecule has 7 nitrogen and oxygen atoms in total. The number of likely N-dealkylation sites (N-methyl/N-ethyl adjacent to an activating group) is 1. The van der Waals surface area contributed by atoms with E-state index in [2.05, 4.69) is 18.0 Å². The molecule has 2 aromatic carbocycles. The minimum absolute atomic E-state index is 0.167. The van der Waals surface area contributed by atoms with E-state index in [0.717, 1.165) is 37.8 Å². The minimum Gasteiger partial charge on any atom is -0.504 e. The molecular formula is C31H40N2O5. The molecular weight excluding hydrogens is 480 g/mol. The normalized spacial score (nSPS) is 30.5. The highest BCUT2D eigenvalue weighted by molar-refractivity contribution is 5.76. The number of rotatable bonds is 6. The fourth-order valence-corrected chi connectivity index (χ4v) is 7.95. The lowest BCUT2D eigenvalue weighted by Gasteiger charge is -2.60. The molecule has 4 aliphatic rings. The van der Waals surface area contributed by atoms with Crippen molar-refractivity contribution >= 4 is 5.97 Å². The van der Waals surface area contributed by atoms with Crippen molar-refractivity contribution in [3.63, 3.8) is 0 Å². The van der Waals surface area contributed by atoms with Crippen molar-refractivity contribution in [3.05, 3.63) is 59.2 Å². The summed E-state index contributed by atoms with van der Waals surface area (Å²) in [5.41, 5.74) is 2.71. The highest BCUT2D eigenvalue weighted by Crippen LogP contribution is 2.64. The van der Waals surface area contributed by atoms with Gasteiger partial charge >= 0.3 is 5.97 Å². The van der Waals surface area contributed by atoms with E-state index in [1.54, 1.807) is 13.2 Å². The maximum absolute atomic E-state index is 13.7. The van der Waals surface area contributed by atoms with Crippen molar-refractivity contribution in [1.29, 1.82) is 0 Å². The van der Waals surface area contributed by atoms with Gasteiger partial charge in [-0.25, -0.2) is 0 Å². The van der Waals surface area contributed by atoms with Crippen LogP contribution in [-0.4, -0.2) is 71.6 Å². The molecule has 0 amide bonds. The summed E-state index contributed by atoms with van der Waals surface area (Å²) in [6.07, 6.45) is 4.05. The van der Waals surface area contributed by atoms with Crippen molar-refractivity contribution in [3.8, 4) is 11.5 Å². The third-order valence-corrected chi connectivity index (χ3v) is 9.36. The second-order valence-corrected chi connectivity index (χ2v) is 12.6. The molecule has 6 atom stereocenters. The van der Waals surface area contributed by atoms with Crippen molar-refractivity contribution in [1.82, 2.24) is 9.96 Å². The van der Waals surface area contributed by atoms with E-state index >= 15 is 0 Å². The summed E-state index contributed by atoms with van der Waals surface area (Å²) in [5, 5.41) is 12.8. The fourth-order valence-electron chi connectivity index (χ4n) is 7.95. The van der Waals surface area contributed by atoms with Crippen LogP contribution in [0.2, 0.25) is 0 Å². The summed E-state index contributed by atoms with van der Waals surface area (Å²) in [6, 6.07) is 13.5. The topological polar surface area (TPSA) is 71.5 Å². The summed E-state index contributed by atoms with van der Waals surface area (Å²) in [4.78, 5) is 22.3. The Labute approximate surface area is 225 Å². The first kappa shape index (κ1) is 25.7. The molecule has 1 spiro atoms. The Morgan fingerprint density at radius 3 is 2.68 bits per heavy atom. The number of esters is 1. The molecule has 7 heteroatoms. The van der Waals surface area contributed by atoms with Gasteiger partial charge < -0.3 is 24.3 Å². The van der Waals surface area contributed by atoms with Crippen molar-refractivity contribution in [2.75, 3.05) is 20.7 Å². The van der Waals surface area contributed by atoms with Crippen LogP contribution in [0.15, 0.2) is 42.5 Å².